The third-order valence-corrected chi connectivity index (χ3v) is 4.21. The van der Waals surface area contributed by atoms with E-state index in [1.807, 2.05) is 13.0 Å². The second-order valence-electron chi connectivity index (χ2n) is 5.34. The molecular weight excluding hydrogens is 325 g/mol. The van der Waals surface area contributed by atoms with E-state index in [1.54, 1.807) is 35.0 Å². The van der Waals surface area contributed by atoms with Gasteiger partial charge in [-0.05, 0) is 31.5 Å². The standard InChI is InChI=1S/C15H20ClN3O2.ClH/c1-10(9-17)18(2)14(20)13-6-7-19(15(13)21)12-5-3-4-11(16)8-12;/h3-5,8,10,13H,6-7,9,17H2,1-2H3;1H. The molecule has 2 unspecified atom stereocenters. The number of halogens is 2. The Morgan fingerprint density at radius 3 is 2.82 bits per heavy atom. The quantitative estimate of drug-likeness (QED) is 0.847. The average Bonchev–Trinajstić information content (AvgIpc) is 2.86. The van der Waals surface area contributed by atoms with Gasteiger partial charge in [0.2, 0.25) is 11.8 Å². The van der Waals surface area contributed by atoms with Crippen molar-refractivity contribution in [2.24, 2.45) is 11.7 Å². The molecule has 7 heteroatoms. The van der Waals surface area contributed by atoms with Gasteiger partial charge in [0.05, 0.1) is 0 Å². The van der Waals surface area contributed by atoms with Crippen molar-refractivity contribution in [2.75, 3.05) is 25.0 Å². The lowest BCUT2D eigenvalue weighted by Crippen LogP contribution is -2.44. The van der Waals surface area contributed by atoms with Crippen LogP contribution in [0, 0.1) is 5.92 Å². The molecule has 0 aromatic heterocycles. The highest BCUT2D eigenvalue weighted by Gasteiger charge is 2.39. The lowest BCUT2D eigenvalue weighted by molar-refractivity contribution is -0.140. The number of benzene rings is 1. The molecule has 1 aliphatic heterocycles. The van der Waals surface area contributed by atoms with Crippen LogP contribution in [0.1, 0.15) is 13.3 Å². The highest BCUT2D eigenvalue weighted by atomic mass is 35.5. The molecule has 5 nitrogen and oxygen atoms in total. The van der Waals surface area contributed by atoms with Crippen molar-refractivity contribution in [1.29, 1.82) is 0 Å². The zero-order valence-electron chi connectivity index (χ0n) is 12.7. The largest absolute Gasteiger partial charge is 0.341 e. The second-order valence-corrected chi connectivity index (χ2v) is 5.78. The van der Waals surface area contributed by atoms with E-state index >= 15 is 0 Å². The van der Waals surface area contributed by atoms with Crippen molar-refractivity contribution in [3.05, 3.63) is 29.3 Å². The van der Waals surface area contributed by atoms with Crippen LogP contribution in [-0.4, -0.2) is 42.9 Å². The summed E-state index contributed by atoms with van der Waals surface area (Å²) in [6.45, 7) is 2.77. The van der Waals surface area contributed by atoms with Crippen LogP contribution in [-0.2, 0) is 9.59 Å². The highest BCUT2D eigenvalue weighted by molar-refractivity contribution is 6.31. The molecule has 1 aromatic carbocycles. The molecule has 2 N–H and O–H groups in total. The zero-order chi connectivity index (χ0) is 15.6. The first-order valence-corrected chi connectivity index (χ1v) is 7.37. The van der Waals surface area contributed by atoms with Crippen LogP contribution in [0.5, 0.6) is 0 Å². The number of likely N-dealkylation sites (N-methyl/N-ethyl adjacent to an activating group) is 1. The van der Waals surface area contributed by atoms with Crippen LogP contribution in [0.2, 0.25) is 5.02 Å². The fraction of sp³-hybridized carbons (Fsp3) is 0.467. The molecule has 0 spiro atoms. The van der Waals surface area contributed by atoms with E-state index in [4.69, 9.17) is 17.3 Å². The summed E-state index contributed by atoms with van der Waals surface area (Å²) in [6, 6.07) is 7.03. The molecular formula is C15H21Cl2N3O2. The molecule has 0 radical (unpaired) electrons. The molecule has 1 heterocycles. The van der Waals surface area contributed by atoms with Crippen LogP contribution in [0.4, 0.5) is 5.69 Å². The Morgan fingerprint density at radius 1 is 1.55 bits per heavy atom. The predicted octanol–water partition coefficient (Wildman–Crippen LogP) is 1.92. The van der Waals surface area contributed by atoms with E-state index in [1.165, 1.54) is 0 Å². The van der Waals surface area contributed by atoms with Crippen LogP contribution in [0.3, 0.4) is 0 Å². The maximum atomic E-state index is 12.5. The molecule has 1 saturated heterocycles. The molecule has 0 saturated carbocycles. The van der Waals surface area contributed by atoms with Gasteiger partial charge in [-0.2, -0.15) is 0 Å². The second kappa shape index (κ2) is 7.81. The number of nitrogens with two attached hydrogens (primary N) is 1. The van der Waals surface area contributed by atoms with Crippen molar-refractivity contribution in [1.82, 2.24) is 4.90 Å². The minimum atomic E-state index is -0.622. The van der Waals surface area contributed by atoms with Gasteiger partial charge < -0.3 is 15.5 Å². The topological polar surface area (TPSA) is 66.6 Å². The summed E-state index contributed by atoms with van der Waals surface area (Å²) in [4.78, 5) is 28.1. The first kappa shape index (κ1) is 18.7. The molecule has 0 aliphatic carbocycles. The molecule has 2 rings (SSSR count). The van der Waals surface area contributed by atoms with Crippen molar-refractivity contribution in [2.45, 2.75) is 19.4 Å². The molecule has 2 amide bonds. The predicted molar refractivity (Wildman–Crippen MR) is 90.4 cm³/mol. The lowest BCUT2D eigenvalue weighted by Gasteiger charge is -2.26. The van der Waals surface area contributed by atoms with Gasteiger partial charge >= 0.3 is 0 Å². The first-order chi connectivity index (χ1) is 9.95. The summed E-state index contributed by atoms with van der Waals surface area (Å²) in [5.41, 5.74) is 6.31. The Bertz CT molecular complexity index is 553. The third kappa shape index (κ3) is 3.72. The van der Waals surface area contributed by atoms with E-state index in [9.17, 15) is 9.59 Å². The number of carbonyl (C=O) groups is 2. The Labute approximate surface area is 141 Å². The van der Waals surface area contributed by atoms with Crippen molar-refractivity contribution in [3.8, 4) is 0 Å². The Morgan fingerprint density at radius 2 is 2.23 bits per heavy atom. The summed E-state index contributed by atoms with van der Waals surface area (Å²) in [5, 5.41) is 0.573. The average molecular weight is 346 g/mol. The number of amides is 2. The van der Waals surface area contributed by atoms with Gasteiger partial charge in [0, 0.05) is 36.9 Å². The number of anilines is 1. The van der Waals surface area contributed by atoms with Crippen molar-refractivity contribution < 1.29 is 9.59 Å². The van der Waals surface area contributed by atoms with Gasteiger partial charge in [0.25, 0.3) is 0 Å². The van der Waals surface area contributed by atoms with E-state index in [-0.39, 0.29) is 30.3 Å². The molecule has 122 valence electrons. The van der Waals surface area contributed by atoms with E-state index in [2.05, 4.69) is 0 Å². The van der Waals surface area contributed by atoms with Gasteiger partial charge in [0.1, 0.15) is 5.92 Å². The van der Waals surface area contributed by atoms with Crippen LogP contribution >= 0.6 is 24.0 Å². The maximum absolute atomic E-state index is 12.5. The molecule has 1 fully saturated rings. The molecule has 1 aliphatic rings. The number of rotatable bonds is 4. The number of hydrogen-bond donors (Lipinski definition) is 1. The van der Waals surface area contributed by atoms with E-state index in [0.717, 1.165) is 5.69 Å². The Balaban J connectivity index is 0.00000242. The Hall–Kier alpha value is -1.30. The summed E-state index contributed by atoms with van der Waals surface area (Å²) >= 11 is 5.95. The summed E-state index contributed by atoms with van der Waals surface area (Å²) in [5.74, 6) is -0.955. The molecule has 1 aromatic rings. The van der Waals surface area contributed by atoms with Crippen LogP contribution < -0.4 is 10.6 Å². The first-order valence-electron chi connectivity index (χ1n) is 6.99. The molecule has 0 bridgehead atoms. The highest BCUT2D eigenvalue weighted by Crippen LogP contribution is 2.28. The minimum Gasteiger partial charge on any atom is -0.341 e. The van der Waals surface area contributed by atoms with Gasteiger partial charge in [-0.3, -0.25) is 9.59 Å². The Kier molecular flexibility index (Phi) is 6.66. The summed E-state index contributed by atoms with van der Waals surface area (Å²) < 4.78 is 0. The SMILES string of the molecule is CC(CN)N(C)C(=O)C1CCN(c2cccc(Cl)c2)C1=O.Cl. The summed E-state index contributed by atoms with van der Waals surface area (Å²) in [7, 11) is 1.69. The monoisotopic (exact) mass is 345 g/mol. The van der Waals surface area contributed by atoms with Gasteiger partial charge in [-0.25, -0.2) is 0 Å². The number of carbonyl (C=O) groups excluding carboxylic acids is 2. The zero-order valence-corrected chi connectivity index (χ0v) is 14.2. The maximum Gasteiger partial charge on any atom is 0.239 e. The smallest absolute Gasteiger partial charge is 0.239 e. The molecule has 2 atom stereocenters. The van der Waals surface area contributed by atoms with Gasteiger partial charge in [-0.1, -0.05) is 17.7 Å². The minimum absolute atomic E-state index is 0. The lowest BCUT2D eigenvalue weighted by atomic mass is 10.1. The fourth-order valence-corrected chi connectivity index (χ4v) is 2.62. The van der Waals surface area contributed by atoms with Gasteiger partial charge in [-0.15, -0.1) is 12.4 Å². The third-order valence-electron chi connectivity index (χ3n) is 3.97. The van der Waals surface area contributed by atoms with Crippen LogP contribution in [0.15, 0.2) is 24.3 Å². The molecule has 22 heavy (non-hydrogen) atoms. The van der Waals surface area contributed by atoms with Crippen LogP contribution in [0.25, 0.3) is 0 Å². The fourth-order valence-electron chi connectivity index (χ4n) is 2.43. The summed E-state index contributed by atoms with van der Waals surface area (Å²) in [6.07, 6.45) is 0.520. The number of hydrogen-bond acceptors (Lipinski definition) is 3. The van der Waals surface area contributed by atoms with E-state index in [0.29, 0.717) is 24.5 Å². The van der Waals surface area contributed by atoms with Crippen molar-refractivity contribution >= 4 is 41.5 Å². The van der Waals surface area contributed by atoms with E-state index < -0.39 is 5.92 Å². The number of nitrogens with zero attached hydrogens (tertiary/aromatic N) is 2. The van der Waals surface area contributed by atoms with Crippen molar-refractivity contribution in [3.63, 3.8) is 0 Å². The van der Waals surface area contributed by atoms with Gasteiger partial charge in [0.15, 0.2) is 0 Å². The normalized spacial score (nSPS) is 18.8.